The number of likely N-dealkylation sites (tertiary alicyclic amines) is 1. The number of thiophene rings is 1. The molecule has 1 atom stereocenters. The summed E-state index contributed by atoms with van der Waals surface area (Å²) in [5.74, 6) is -1.49. The predicted octanol–water partition coefficient (Wildman–Crippen LogP) is 6.85. The molecule has 0 radical (unpaired) electrons. The molecule has 4 heterocycles. The third kappa shape index (κ3) is 5.66. The van der Waals surface area contributed by atoms with Crippen molar-refractivity contribution in [2.24, 2.45) is 11.3 Å². The Morgan fingerprint density at radius 1 is 1.10 bits per heavy atom. The molecule has 8 rings (SSSR count). The van der Waals surface area contributed by atoms with Crippen LogP contribution in [0.3, 0.4) is 0 Å². The van der Waals surface area contributed by atoms with Gasteiger partial charge in [-0.05, 0) is 73.3 Å². The van der Waals surface area contributed by atoms with Crippen molar-refractivity contribution in [2.75, 3.05) is 18.4 Å². The van der Waals surface area contributed by atoms with Crippen LogP contribution >= 0.6 is 11.3 Å². The van der Waals surface area contributed by atoms with Gasteiger partial charge in [0.2, 0.25) is 0 Å². The number of fused-ring (bicyclic) bond motifs is 2. The fourth-order valence-corrected chi connectivity index (χ4v) is 9.16. The maximum Gasteiger partial charge on any atom is 0.471 e. The van der Waals surface area contributed by atoms with E-state index >= 15 is 0 Å². The highest BCUT2D eigenvalue weighted by Crippen LogP contribution is 2.72. The summed E-state index contributed by atoms with van der Waals surface area (Å²) in [7, 11) is 0. The maximum atomic E-state index is 12.9. The van der Waals surface area contributed by atoms with Gasteiger partial charge >= 0.3 is 18.3 Å². The van der Waals surface area contributed by atoms with Crippen LogP contribution in [0.25, 0.3) is 21.1 Å². The number of hydrogen-bond acceptors (Lipinski definition) is 7. The highest BCUT2D eigenvalue weighted by molar-refractivity contribution is 7.18. The van der Waals surface area contributed by atoms with Gasteiger partial charge in [0.05, 0.1) is 11.8 Å². The van der Waals surface area contributed by atoms with Gasteiger partial charge in [0.1, 0.15) is 28.7 Å². The minimum Gasteiger partial charge on any atom is -0.367 e. The molecule has 3 aromatic heterocycles. The normalized spacial score (nSPS) is 24.7. The Kier molecular flexibility index (Phi) is 7.71. The van der Waals surface area contributed by atoms with Crippen molar-refractivity contribution >= 4 is 44.2 Å². The van der Waals surface area contributed by atoms with Crippen molar-refractivity contribution in [3.05, 3.63) is 52.3 Å². The molecule has 4 aromatic rings. The van der Waals surface area contributed by atoms with Crippen LogP contribution in [-0.4, -0.2) is 62.4 Å². The van der Waals surface area contributed by atoms with Gasteiger partial charge in [-0.25, -0.2) is 9.97 Å². The molecule has 8 nitrogen and oxygen atoms in total. The largest absolute Gasteiger partial charge is 0.471 e. The number of carbonyl (C=O) groups excluding carboxylic acids is 1. The number of nitriles is 1. The third-order valence-corrected chi connectivity index (χ3v) is 11.9. The molecule has 2 bridgehead atoms. The standard InChI is InChI=1S/C33H33F6N7OS/c1-18-20(13-45-7-5-21(6-8-45)43-27-25-10-23(11-32(34,35)36)48-28(25)42-17-41-27)3-4-26-24(18)9-22(12-40)46(26)16-30-14-31(15-30,19(30)2)44-29(47)33(37,38)39/h3-4,9-10,17,19,21H,5-8,11,13-16H2,1-2H3,(H,44,47)(H,41,42,43)/t19-,30?,31?/m0/s1. The van der Waals surface area contributed by atoms with E-state index in [0.717, 1.165) is 59.3 Å². The van der Waals surface area contributed by atoms with Gasteiger partial charge < -0.3 is 15.2 Å². The van der Waals surface area contributed by atoms with E-state index in [2.05, 4.69) is 37.6 Å². The molecule has 15 heteroatoms. The second-order valence-corrected chi connectivity index (χ2v) is 14.8. The molecular weight excluding hydrogens is 656 g/mol. The third-order valence-electron chi connectivity index (χ3n) is 10.8. The smallest absolute Gasteiger partial charge is 0.367 e. The average Bonchev–Trinajstić information content (AvgIpc) is 3.58. The second kappa shape index (κ2) is 11.3. The lowest BCUT2D eigenvalue weighted by Gasteiger charge is -2.76. The van der Waals surface area contributed by atoms with Crippen molar-refractivity contribution in [1.29, 1.82) is 5.26 Å². The Morgan fingerprint density at radius 3 is 2.48 bits per heavy atom. The zero-order valence-electron chi connectivity index (χ0n) is 26.2. The topological polar surface area (TPSA) is 98.9 Å². The van der Waals surface area contributed by atoms with Gasteiger partial charge in [0.25, 0.3) is 0 Å². The summed E-state index contributed by atoms with van der Waals surface area (Å²) in [5.41, 5.74) is 2.50. The van der Waals surface area contributed by atoms with E-state index in [1.165, 1.54) is 12.4 Å². The van der Waals surface area contributed by atoms with Gasteiger partial charge in [-0.15, -0.1) is 11.3 Å². The van der Waals surface area contributed by atoms with Crippen molar-refractivity contribution < 1.29 is 31.1 Å². The maximum absolute atomic E-state index is 12.9. The number of aromatic nitrogens is 3. The zero-order chi connectivity index (χ0) is 34.2. The molecule has 3 aliphatic carbocycles. The monoisotopic (exact) mass is 689 g/mol. The minimum atomic E-state index is -4.92. The molecular formula is C33H33F6N7OS. The number of piperidine rings is 1. The Labute approximate surface area is 276 Å². The zero-order valence-corrected chi connectivity index (χ0v) is 27.0. The Balaban J connectivity index is 0.994. The van der Waals surface area contributed by atoms with Crippen LogP contribution in [0.2, 0.25) is 0 Å². The van der Waals surface area contributed by atoms with E-state index in [4.69, 9.17) is 0 Å². The van der Waals surface area contributed by atoms with E-state index in [0.29, 0.717) is 47.7 Å². The fraction of sp³-hybridized carbons (Fsp3) is 0.515. The second-order valence-electron chi connectivity index (χ2n) is 13.7. The van der Waals surface area contributed by atoms with E-state index in [-0.39, 0.29) is 22.3 Å². The minimum absolute atomic E-state index is 0.112. The summed E-state index contributed by atoms with van der Waals surface area (Å²) >= 11 is 1.03. The quantitative estimate of drug-likeness (QED) is 0.197. The fourth-order valence-electron chi connectivity index (χ4n) is 8.13. The highest BCUT2D eigenvalue weighted by Gasteiger charge is 2.74. The molecule has 1 aromatic carbocycles. The Hall–Kier alpha value is -3.90. The Bertz CT molecular complexity index is 1940. The molecule has 0 spiro atoms. The van der Waals surface area contributed by atoms with E-state index < -0.39 is 30.2 Å². The van der Waals surface area contributed by atoms with Crippen LogP contribution in [0.15, 0.2) is 30.6 Å². The molecule has 1 saturated heterocycles. The first-order valence-electron chi connectivity index (χ1n) is 15.8. The van der Waals surface area contributed by atoms with Crippen LogP contribution in [0.1, 0.15) is 54.3 Å². The number of rotatable bonds is 8. The lowest BCUT2D eigenvalue weighted by Crippen LogP contribution is -2.82. The van der Waals surface area contributed by atoms with Crippen molar-refractivity contribution in [3.8, 4) is 6.07 Å². The summed E-state index contributed by atoms with van der Waals surface area (Å²) in [4.78, 5) is 23.2. The molecule has 3 saturated carbocycles. The van der Waals surface area contributed by atoms with Crippen molar-refractivity contribution in [1.82, 2.24) is 24.8 Å². The van der Waals surface area contributed by atoms with Crippen LogP contribution in [0.4, 0.5) is 32.2 Å². The van der Waals surface area contributed by atoms with Crippen LogP contribution in [-0.2, 0) is 24.3 Å². The molecule has 1 amide bonds. The molecule has 1 aliphatic heterocycles. The number of benzene rings is 1. The van der Waals surface area contributed by atoms with Gasteiger partial charge in [-0.1, -0.05) is 13.0 Å². The first-order valence-corrected chi connectivity index (χ1v) is 16.6. The van der Waals surface area contributed by atoms with Gasteiger partial charge in [0, 0.05) is 53.5 Å². The number of amides is 1. The molecule has 254 valence electrons. The van der Waals surface area contributed by atoms with E-state index in [1.54, 1.807) is 0 Å². The van der Waals surface area contributed by atoms with Gasteiger partial charge in [0.15, 0.2) is 0 Å². The number of nitrogens with one attached hydrogen (secondary N) is 2. The first kappa shape index (κ1) is 32.6. The molecule has 2 N–H and O–H groups in total. The number of anilines is 1. The summed E-state index contributed by atoms with van der Waals surface area (Å²) < 4.78 is 79.4. The van der Waals surface area contributed by atoms with Gasteiger partial charge in [-0.3, -0.25) is 9.69 Å². The van der Waals surface area contributed by atoms with Crippen molar-refractivity contribution in [3.63, 3.8) is 0 Å². The molecule has 4 aliphatic rings. The predicted molar refractivity (Wildman–Crippen MR) is 168 cm³/mol. The Morgan fingerprint density at radius 2 is 1.83 bits per heavy atom. The molecule has 0 unspecified atom stereocenters. The van der Waals surface area contributed by atoms with Gasteiger partial charge in [-0.2, -0.15) is 31.6 Å². The number of carbonyl (C=O) groups is 1. The van der Waals surface area contributed by atoms with Crippen LogP contribution in [0.5, 0.6) is 0 Å². The summed E-state index contributed by atoms with van der Waals surface area (Å²) in [6.45, 7) is 6.74. The van der Waals surface area contributed by atoms with E-state index in [1.807, 2.05) is 30.5 Å². The van der Waals surface area contributed by atoms with E-state index in [9.17, 15) is 36.4 Å². The summed E-state index contributed by atoms with van der Waals surface area (Å²) in [6, 6.07) is 9.90. The SMILES string of the molecule is Cc1c(CN2CCC(Nc3ncnc4sc(CC(F)(F)F)cc34)CC2)ccc2c1cc(C#N)n2CC12CC(NC(=O)C(F)(F)F)(C1)[C@H]2C. The number of halogens is 6. The molecule has 4 fully saturated rings. The first-order chi connectivity index (χ1) is 22.6. The van der Waals surface area contributed by atoms with Crippen LogP contribution < -0.4 is 10.6 Å². The molecule has 48 heavy (non-hydrogen) atoms. The van der Waals surface area contributed by atoms with Crippen LogP contribution in [0, 0.1) is 29.6 Å². The number of hydrogen-bond donors (Lipinski definition) is 2. The lowest BCUT2D eigenvalue weighted by molar-refractivity contribution is -0.238. The number of nitrogens with zero attached hydrogens (tertiary/aromatic N) is 5. The number of alkyl halides is 6. The summed E-state index contributed by atoms with van der Waals surface area (Å²) in [6.07, 6.45) is -6.27. The lowest BCUT2D eigenvalue weighted by atomic mass is 9.33. The average molecular weight is 690 g/mol. The number of aryl methyl sites for hydroxylation is 1. The van der Waals surface area contributed by atoms with Crippen molar-refractivity contribution in [2.45, 2.75) is 83.0 Å². The summed E-state index contributed by atoms with van der Waals surface area (Å²) in [5, 5.41) is 17.2. The highest BCUT2D eigenvalue weighted by atomic mass is 32.1.